The van der Waals surface area contributed by atoms with Crippen molar-refractivity contribution >= 4 is 46.4 Å². The van der Waals surface area contributed by atoms with E-state index in [0.717, 1.165) is 0 Å². The SMILES string of the molecule is ClC[C@H]1CO[C@H](C(Cl)(Cl)Cl)O1. The number of hydrogen-bond donors (Lipinski definition) is 0. The zero-order valence-corrected chi connectivity index (χ0v) is 8.42. The summed E-state index contributed by atoms with van der Waals surface area (Å²) < 4.78 is 8.62. The molecular weight excluding hydrogens is 234 g/mol. The summed E-state index contributed by atoms with van der Waals surface area (Å²) >= 11 is 22.0. The number of rotatable bonds is 1. The summed E-state index contributed by atoms with van der Waals surface area (Å²) in [4.78, 5) is 0. The molecule has 2 nitrogen and oxygen atoms in total. The Morgan fingerprint density at radius 1 is 1.36 bits per heavy atom. The number of alkyl halides is 4. The molecule has 1 fully saturated rings. The average Bonchev–Trinajstić information content (AvgIpc) is 2.32. The third-order valence-electron chi connectivity index (χ3n) is 1.19. The monoisotopic (exact) mass is 238 g/mol. The Bertz CT molecular complexity index is 135. The lowest BCUT2D eigenvalue weighted by Gasteiger charge is -2.17. The van der Waals surface area contributed by atoms with Crippen molar-refractivity contribution in [3.63, 3.8) is 0 Å². The molecule has 0 bridgehead atoms. The summed E-state index contributed by atoms with van der Waals surface area (Å²) in [7, 11) is 0. The van der Waals surface area contributed by atoms with Crippen molar-refractivity contribution in [3.8, 4) is 0 Å². The number of ether oxygens (including phenoxy) is 2. The van der Waals surface area contributed by atoms with Crippen molar-refractivity contribution < 1.29 is 9.47 Å². The van der Waals surface area contributed by atoms with Crippen LogP contribution in [0.2, 0.25) is 0 Å². The number of hydrogen-bond acceptors (Lipinski definition) is 2. The van der Waals surface area contributed by atoms with E-state index in [1.165, 1.54) is 0 Å². The van der Waals surface area contributed by atoms with Crippen molar-refractivity contribution in [2.24, 2.45) is 0 Å². The van der Waals surface area contributed by atoms with Gasteiger partial charge in [-0.3, -0.25) is 0 Å². The van der Waals surface area contributed by atoms with Crippen LogP contribution in [0.5, 0.6) is 0 Å². The highest BCUT2D eigenvalue weighted by Crippen LogP contribution is 2.36. The highest BCUT2D eigenvalue weighted by molar-refractivity contribution is 6.67. The number of halogens is 4. The molecule has 0 aromatic heterocycles. The standard InChI is InChI=1S/C5H6Cl4O2/c6-1-3-2-10-4(11-3)5(7,8)9/h3-4H,1-2H2/t3-,4-/m0/s1. The third kappa shape index (κ3) is 2.79. The fraction of sp³-hybridized carbons (Fsp3) is 1.00. The van der Waals surface area contributed by atoms with Crippen LogP contribution in [-0.4, -0.2) is 28.7 Å². The molecule has 1 rings (SSSR count). The minimum absolute atomic E-state index is 0.169. The molecule has 0 aromatic carbocycles. The van der Waals surface area contributed by atoms with E-state index in [1.54, 1.807) is 0 Å². The van der Waals surface area contributed by atoms with Gasteiger partial charge in [0.1, 0.15) is 0 Å². The topological polar surface area (TPSA) is 18.5 Å². The molecule has 1 aliphatic rings. The lowest BCUT2D eigenvalue weighted by molar-refractivity contribution is -0.0499. The van der Waals surface area contributed by atoms with Gasteiger partial charge >= 0.3 is 0 Å². The summed E-state index contributed by atoms with van der Waals surface area (Å²) in [6.07, 6.45) is -0.964. The molecule has 6 heteroatoms. The first-order valence-electron chi connectivity index (χ1n) is 2.94. The highest BCUT2D eigenvalue weighted by atomic mass is 35.6. The van der Waals surface area contributed by atoms with Gasteiger partial charge in [-0.2, -0.15) is 0 Å². The summed E-state index contributed by atoms with van der Waals surface area (Å²) in [5.41, 5.74) is 0. The molecule has 0 radical (unpaired) electrons. The van der Waals surface area contributed by atoms with Gasteiger partial charge in [-0.1, -0.05) is 34.8 Å². The predicted molar refractivity (Wildman–Crippen MR) is 45.6 cm³/mol. The Hall–Kier alpha value is 1.08. The summed E-state index contributed by atoms with van der Waals surface area (Å²) in [6, 6.07) is 0. The first kappa shape index (κ1) is 10.2. The fourth-order valence-corrected chi connectivity index (χ4v) is 1.21. The van der Waals surface area contributed by atoms with Crippen molar-refractivity contribution in [1.29, 1.82) is 0 Å². The molecule has 0 amide bonds. The fourth-order valence-electron chi connectivity index (χ4n) is 0.701. The summed E-state index contributed by atoms with van der Waals surface area (Å²) in [5.74, 6) is 0.344. The molecule has 11 heavy (non-hydrogen) atoms. The lowest BCUT2D eigenvalue weighted by atomic mass is 10.4. The van der Waals surface area contributed by atoms with E-state index in [0.29, 0.717) is 12.5 Å². The first-order chi connectivity index (χ1) is 5.04. The zero-order valence-electron chi connectivity index (χ0n) is 5.40. The Morgan fingerprint density at radius 2 is 2.00 bits per heavy atom. The molecule has 0 saturated carbocycles. The Balaban J connectivity index is 2.42. The van der Waals surface area contributed by atoms with Crippen LogP contribution >= 0.6 is 46.4 Å². The molecule has 0 N–H and O–H groups in total. The van der Waals surface area contributed by atoms with E-state index in [-0.39, 0.29) is 6.10 Å². The lowest BCUT2D eigenvalue weighted by Crippen LogP contribution is -2.27. The van der Waals surface area contributed by atoms with Crippen LogP contribution in [0, 0.1) is 0 Å². The van der Waals surface area contributed by atoms with E-state index < -0.39 is 10.1 Å². The predicted octanol–water partition coefficient (Wildman–Crippen LogP) is 2.34. The molecule has 0 aromatic rings. The highest BCUT2D eigenvalue weighted by Gasteiger charge is 2.40. The maximum absolute atomic E-state index is 5.50. The largest absolute Gasteiger partial charge is 0.346 e. The molecular formula is C5H6Cl4O2. The molecule has 1 heterocycles. The van der Waals surface area contributed by atoms with Crippen LogP contribution in [0.4, 0.5) is 0 Å². The van der Waals surface area contributed by atoms with E-state index in [1.807, 2.05) is 0 Å². The van der Waals surface area contributed by atoms with Crippen LogP contribution in [0.3, 0.4) is 0 Å². The minimum Gasteiger partial charge on any atom is -0.346 e. The van der Waals surface area contributed by atoms with Gasteiger partial charge < -0.3 is 9.47 Å². The second-order valence-electron chi connectivity index (χ2n) is 2.12. The van der Waals surface area contributed by atoms with E-state index >= 15 is 0 Å². The van der Waals surface area contributed by atoms with Crippen LogP contribution in [0.15, 0.2) is 0 Å². The first-order valence-corrected chi connectivity index (χ1v) is 4.60. The Kier molecular flexibility index (Phi) is 3.57. The average molecular weight is 240 g/mol. The van der Waals surface area contributed by atoms with Crippen molar-refractivity contribution in [1.82, 2.24) is 0 Å². The van der Waals surface area contributed by atoms with Gasteiger partial charge in [-0.15, -0.1) is 11.6 Å². The molecule has 0 spiro atoms. The van der Waals surface area contributed by atoms with Gasteiger partial charge in [-0.25, -0.2) is 0 Å². The van der Waals surface area contributed by atoms with Crippen LogP contribution < -0.4 is 0 Å². The van der Waals surface area contributed by atoms with Crippen LogP contribution in [0.1, 0.15) is 0 Å². The molecule has 66 valence electrons. The van der Waals surface area contributed by atoms with E-state index in [2.05, 4.69) is 0 Å². The molecule has 2 atom stereocenters. The Labute approximate surface area is 84.6 Å². The van der Waals surface area contributed by atoms with Gasteiger partial charge in [0.25, 0.3) is 0 Å². The smallest absolute Gasteiger partial charge is 0.240 e. The van der Waals surface area contributed by atoms with Gasteiger partial charge in [0.05, 0.1) is 18.6 Å². The van der Waals surface area contributed by atoms with Crippen molar-refractivity contribution in [3.05, 3.63) is 0 Å². The van der Waals surface area contributed by atoms with E-state index in [9.17, 15) is 0 Å². The van der Waals surface area contributed by atoms with Crippen molar-refractivity contribution in [2.75, 3.05) is 12.5 Å². The van der Waals surface area contributed by atoms with Crippen LogP contribution in [-0.2, 0) is 9.47 Å². The van der Waals surface area contributed by atoms with Gasteiger partial charge in [0, 0.05) is 0 Å². The quantitative estimate of drug-likeness (QED) is 0.655. The maximum Gasteiger partial charge on any atom is 0.240 e. The minimum atomic E-state index is -1.53. The van der Waals surface area contributed by atoms with Crippen molar-refractivity contribution in [2.45, 2.75) is 16.2 Å². The van der Waals surface area contributed by atoms with Crippen LogP contribution in [0.25, 0.3) is 0 Å². The summed E-state index contributed by atoms with van der Waals surface area (Å²) in [6.45, 7) is 0.377. The molecule has 1 saturated heterocycles. The molecule has 0 unspecified atom stereocenters. The van der Waals surface area contributed by atoms with Gasteiger partial charge in [0.2, 0.25) is 10.1 Å². The third-order valence-corrected chi connectivity index (χ3v) is 2.07. The molecule has 1 aliphatic heterocycles. The molecule has 0 aliphatic carbocycles. The summed E-state index contributed by atoms with van der Waals surface area (Å²) in [5, 5.41) is 0. The van der Waals surface area contributed by atoms with Gasteiger partial charge in [0.15, 0.2) is 0 Å². The maximum atomic E-state index is 5.50. The van der Waals surface area contributed by atoms with E-state index in [4.69, 9.17) is 55.9 Å². The normalized spacial score (nSPS) is 32.7. The zero-order chi connectivity index (χ0) is 8.48. The second-order valence-corrected chi connectivity index (χ2v) is 4.80. The Morgan fingerprint density at radius 3 is 2.27 bits per heavy atom. The van der Waals surface area contributed by atoms with Gasteiger partial charge in [-0.05, 0) is 0 Å². The second kappa shape index (κ2) is 3.86.